The minimum Gasteiger partial charge on any atom is -0.243 e. The van der Waals surface area contributed by atoms with Gasteiger partial charge in [0.2, 0.25) is 0 Å². The van der Waals surface area contributed by atoms with Crippen LogP contribution in [0.4, 0.5) is 5.82 Å². The van der Waals surface area contributed by atoms with E-state index in [9.17, 15) is 8.42 Å². The fraction of sp³-hybridized carbons (Fsp3) is 0.444. The number of sulfonamides is 1. The van der Waals surface area contributed by atoms with Gasteiger partial charge in [0.25, 0.3) is 10.0 Å². The summed E-state index contributed by atoms with van der Waals surface area (Å²) in [5.74, 6) is 6.28. The fourth-order valence-electron chi connectivity index (χ4n) is 1.49. The molecule has 1 aliphatic heterocycles. The molecule has 0 amide bonds. The Labute approximate surface area is 99.4 Å². The smallest absolute Gasteiger partial charge is 0.243 e. The second-order valence-corrected chi connectivity index (χ2v) is 5.92. The third-order valence-corrected chi connectivity index (χ3v) is 3.85. The Bertz CT molecular complexity index is 567. The second-order valence-electron chi connectivity index (χ2n) is 4.14. The molecule has 2 rings (SSSR count). The van der Waals surface area contributed by atoms with E-state index in [-0.39, 0.29) is 16.6 Å². The van der Waals surface area contributed by atoms with E-state index in [0.717, 1.165) is 0 Å². The topological polar surface area (TPSA) is 102 Å². The number of nitrogens with two attached hydrogens (primary N) is 1. The number of amidine groups is 1. The third-order valence-electron chi connectivity index (χ3n) is 2.28. The maximum absolute atomic E-state index is 12.0. The zero-order valence-corrected chi connectivity index (χ0v) is 10.3. The molecule has 0 atom stereocenters. The van der Waals surface area contributed by atoms with E-state index in [1.807, 2.05) is 13.8 Å². The van der Waals surface area contributed by atoms with Gasteiger partial charge in [-0.3, -0.25) is 0 Å². The van der Waals surface area contributed by atoms with Crippen LogP contribution in [0.15, 0.2) is 22.4 Å². The van der Waals surface area contributed by atoms with Gasteiger partial charge in [0.1, 0.15) is 12.2 Å². The molecule has 92 valence electrons. The van der Waals surface area contributed by atoms with E-state index in [2.05, 4.69) is 15.0 Å². The minimum absolute atomic E-state index is 0.0602. The first-order valence-electron chi connectivity index (χ1n) is 5.10. The Kier molecular flexibility index (Phi) is 2.84. The Balaban J connectivity index is 2.57. The molecule has 0 aliphatic carbocycles. The molecule has 0 radical (unpaired) electrons. The maximum atomic E-state index is 12.0. The summed E-state index contributed by atoms with van der Waals surface area (Å²) in [6.45, 7) is 3.91. The van der Waals surface area contributed by atoms with Gasteiger partial charge in [-0.25, -0.2) is 20.8 Å². The monoisotopic (exact) mass is 255 g/mol. The molecule has 0 bridgehead atoms. The first-order chi connectivity index (χ1) is 7.93. The highest BCUT2D eigenvalue weighted by atomic mass is 32.2. The quantitative estimate of drug-likeness (QED) is 0.772. The fourth-order valence-corrected chi connectivity index (χ4v) is 2.62. The predicted molar refractivity (Wildman–Crippen MR) is 61.8 cm³/mol. The molecule has 2 N–H and O–H groups in total. The highest BCUT2D eigenvalue weighted by Gasteiger charge is 2.33. The van der Waals surface area contributed by atoms with Gasteiger partial charge < -0.3 is 0 Å². The van der Waals surface area contributed by atoms with Crippen molar-refractivity contribution in [1.82, 2.24) is 14.4 Å². The molecule has 1 aromatic rings. The molecule has 0 unspecified atom stereocenters. The minimum atomic E-state index is -3.76. The molecular formula is C9H13N5O2S. The van der Waals surface area contributed by atoms with Gasteiger partial charge in [0.15, 0.2) is 10.7 Å². The molecule has 7 nitrogen and oxygen atoms in total. The zero-order valence-electron chi connectivity index (χ0n) is 9.53. The standard InChI is InChI=1S/C9H13N5O2S/c1-6(2)3-8-13-9-7(4-11-5-12-9)17(15,16)14(8)10/h4-6H,3,10H2,1-2H3. The van der Waals surface area contributed by atoms with Crippen LogP contribution in [0.3, 0.4) is 0 Å². The van der Waals surface area contributed by atoms with E-state index < -0.39 is 10.0 Å². The summed E-state index contributed by atoms with van der Waals surface area (Å²) in [7, 11) is -3.76. The van der Waals surface area contributed by atoms with Crippen LogP contribution < -0.4 is 5.84 Å². The highest BCUT2D eigenvalue weighted by Crippen LogP contribution is 2.28. The van der Waals surface area contributed by atoms with Crippen molar-refractivity contribution in [2.24, 2.45) is 16.8 Å². The summed E-state index contributed by atoms with van der Waals surface area (Å²) in [6, 6.07) is 0. The van der Waals surface area contributed by atoms with Crippen molar-refractivity contribution in [2.45, 2.75) is 25.2 Å². The summed E-state index contributed by atoms with van der Waals surface area (Å²) < 4.78 is 24.8. The lowest BCUT2D eigenvalue weighted by molar-refractivity contribution is 0.514. The van der Waals surface area contributed by atoms with E-state index in [4.69, 9.17) is 5.84 Å². The van der Waals surface area contributed by atoms with Crippen molar-refractivity contribution in [2.75, 3.05) is 0 Å². The summed E-state index contributed by atoms with van der Waals surface area (Å²) in [4.78, 5) is 11.6. The molecule has 0 spiro atoms. The summed E-state index contributed by atoms with van der Waals surface area (Å²) in [5.41, 5.74) is 0. The van der Waals surface area contributed by atoms with Crippen molar-refractivity contribution < 1.29 is 8.42 Å². The van der Waals surface area contributed by atoms with Crippen molar-refractivity contribution in [3.8, 4) is 0 Å². The van der Waals surface area contributed by atoms with Crippen molar-refractivity contribution in [3.63, 3.8) is 0 Å². The molecule has 0 aromatic carbocycles. The lowest BCUT2D eigenvalue weighted by Gasteiger charge is -2.25. The normalized spacial score (nSPS) is 17.9. The largest absolute Gasteiger partial charge is 0.283 e. The summed E-state index contributed by atoms with van der Waals surface area (Å²) in [5, 5.41) is 0. The first kappa shape index (κ1) is 11.9. The van der Waals surface area contributed by atoms with Crippen LogP contribution >= 0.6 is 0 Å². The van der Waals surface area contributed by atoms with Crippen LogP contribution in [0.2, 0.25) is 0 Å². The van der Waals surface area contributed by atoms with E-state index >= 15 is 0 Å². The molecule has 2 heterocycles. The lowest BCUT2D eigenvalue weighted by Crippen LogP contribution is -2.44. The van der Waals surface area contributed by atoms with E-state index in [1.165, 1.54) is 12.5 Å². The molecule has 0 saturated heterocycles. The van der Waals surface area contributed by atoms with Gasteiger partial charge in [-0.15, -0.1) is 0 Å². The summed E-state index contributed by atoms with van der Waals surface area (Å²) in [6.07, 6.45) is 2.93. The van der Waals surface area contributed by atoms with Crippen LogP contribution in [0.5, 0.6) is 0 Å². The highest BCUT2D eigenvalue weighted by molar-refractivity contribution is 7.89. The number of hydrogen-bond acceptors (Lipinski definition) is 6. The van der Waals surface area contributed by atoms with Crippen LogP contribution in [0.1, 0.15) is 20.3 Å². The number of hydrazine groups is 1. The van der Waals surface area contributed by atoms with Gasteiger partial charge in [0, 0.05) is 6.42 Å². The van der Waals surface area contributed by atoms with E-state index in [1.54, 1.807) is 0 Å². The maximum Gasteiger partial charge on any atom is 0.283 e. The third kappa shape index (κ3) is 2.01. The Morgan fingerprint density at radius 2 is 2.18 bits per heavy atom. The van der Waals surface area contributed by atoms with Gasteiger partial charge in [-0.2, -0.15) is 12.8 Å². The molecule has 0 saturated carbocycles. The van der Waals surface area contributed by atoms with Crippen molar-refractivity contribution in [1.29, 1.82) is 0 Å². The van der Waals surface area contributed by atoms with E-state index in [0.29, 0.717) is 16.7 Å². The Hall–Kier alpha value is -1.54. The van der Waals surface area contributed by atoms with Crippen LogP contribution in [-0.4, -0.2) is 28.6 Å². The van der Waals surface area contributed by atoms with Gasteiger partial charge in [-0.05, 0) is 5.92 Å². The number of aliphatic imine (C=N–C) groups is 1. The van der Waals surface area contributed by atoms with Crippen LogP contribution in [-0.2, 0) is 10.0 Å². The number of nitrogens with zero attached hydrogens (tertiary/aromatic N) is 4. The predicted octanol–water partition coefficient (Wildman–Crippen LogP) is 0.431. The lowest BCUT2D eigenvalue weighted by atomic mass is 10.1. The van der Waals surface area contributed by atoms with Crippen molar-refractivity contribution in [3.05, 3.63) is 12.5 Å². The first-order valence-corrected chi connectivity index (χ1v) is 6.54. The molecule has 1 aromatic heterocycles. The molecule has 0 fully saturated rings. The van der Waals surface area contributed by atoms with Gasteiger partial charge >= 0.3 is 0 Å². The molecular weight excluding hydrogens is 242 g/mol. The van der Waals surface area contributed by atoms with Crippen LogP contribution in [0.25, 0.3) is 0 Å². The van der Waals surface area contributed by atoms with Gasteiger partial charge in [0.05, 0.1) is 6.20 Å². The number of hydrogen-bond donors (Lipinski definition) is 1. The average Bonchev–Trinajstić information content (AvgIpc) is 2.25. The van der Waals surface area contributed by atoms with Gasteiger partial charge in [-0.1, -0.05) is 13.8 Å². The van der Waals surface area contributed by atoms with Crippen LogP contribution in [0, 0.1) is 5.92 Å². The number of fused-ring (bicyclic) bond motifs is 1. The zero-order chi connectivity index (χ0) is 12.6. The molecule has 17 heavy (non-hydrogen) atoms. The second kappa shape index (κ2) is 4.04. The molecule has 1 aliphatic rings. The van der Waals surface area contributed by atoms with Crippen molar-refractivity contribution >= 4 is 21.7 Å². The average molecular weight is 255 g/mol. The summed E-state index contributed by atoms with van der Waals surface area (Å²) >= 11 is 0. The number of rotatable bonds is 2. The molecule has 8 heteroatoms. The Morgan fingerprint density at radius 1 is 1.47 bits per heavy atom. The Morgan fingerprint density at radius 3 is 2.82 bits per heavy atom. The SMILES string of the molecule is CC(C)CC1=Nc2ncncc2S(=O)(=O)N1N. The number of aromatic nitrogens is 2.